The van der Waals surface area contributed by atoms with Gasteiger partial charge >= 0.3 is 6.09 Å². The fraction of sp³-hybridized carbons (Fsp3) is 0.467. The molecule has 0 atom stereocenters. The molecule has 0 spiro atoms. The topological polar surface area (TPSA) is 79.9 Å². The van der Waals surface area contributed by atoms with E-state index in [1.807, 2.05) is 6.07 Å². The first-order valence-corrected chi connectivity index (χ1v) is 6.86. The highest BCUT2D eigenvalue weighted by Gasteiger charge is 2.15. The van der Waals surface area contributed by atoms with Crippen LogP contribution in [-0.2, 0) is 16.1 Å². The summed E-state index contributed by atoms with van der Waals surface area (Å²) in [6.07, 6.45) is -0.557. The first kappa shape index (κ1) is 17.9. The Hall–Kier alpha value is -2.12. The Morgan fingerprint density at radius 2 is 1.95 bits per heavy atom. The van der Waals surface area contributed by atoms with Crippen LogP contribution in [0.2, 0.25) is 0 Å². The lowest BCUT2D eigenvalue weighted by molar-refractivity contribution is -0.0757. The van der Waals surface area contributed by atoms with E-state index < -0.39 is 11.7 Å². The van der Waals surface area contributed by atoms with Crippen molar-refractivity contribution in [2.75, 3.05) is 14.2 Å². The van der Waals surface area contributed by atoms with Crippen LogP contribution in [0.25, 0.3) is 0 Å². The van der Waals surface area contributed by atoms with Gasteiger partial charge in [-0.1, -0.05) is 12.1 Å². The second kappa shape index (κ2) is 7.77. The second-order valence-electron chi connectivity index (χ2n) is 5.67. The lowest BCUT2D eigenvalue weighted by Crippen LogP contribution is -2.40. The maximum Gasteiger partial charge on any atom is 0.422 e. The van der Waals surface area contributed by atoms with Gasteiger partial charge in [0.2, 0.25) is 0 Å². The van der Waals surface area contributed by atoms with Crippen LogP contribution in [0.3, 0.4) is 0 Å². The van der Waals surface area contributed by atoms with Crippen LogP contribution in [0.15, 0.2) is 24.3 Å². The van der Waals surface area contributed by atoms with E-state index in [2.05, 4.69) is 10.9 Å². The zero-order valence-corrected chi connectivity index (χ0v) is 13.6. The molecule has 0 aliphatic carbocycles. The average Bonchev–Trinajstić information content (AvgIpc) is 2.44. The number of nitrogens with zero attached hydrogens (tertiary/aromatic N) is 1. The number of hydroxylamine groups is 2. The molecule has 1 aromatic carbocycles. The predicted octanol–water partition coefficient (Wildman–Crippen LogP) is 1.85. The van der Waals surface area contributed by atoms with Crippen LogP contribution in [0.5, 0.6) is 0 Å². The van der Waals surface area contributed by atoms with Gasteiger partial charge in [-0.15, -0.1) is 0 Å². The lowest BCUT2D eigenvalue weighted by atomic mass is 10.1. The minimum Gasteiger partial charge on any atom is -0.443 e. The molecule has 0 heterocycles. The number of hydrogen-bond donors (Lipinski definition) is 2. The minimum atomic E-state index is -0.557. The van der Waals surface area contributed by atoms with Gasteiger partial charge in [-0.25, -0.2) is 15.3 Å². The molecule has 0 aliphatic heterocycles. The third kappa shape index (κ3) is 6.11. The van der Waals surface area contributed by atoms with E-state index in [0.29, 0.717) is 12.1 Å². The van der Waals surface area contributed by atoms with Gasteiger partial charge in [-0.3, -0.25) is 15.1 Å². The molecular formula is C15H23N3O4. The highest BCUT2D eigenvalue weighted by atomic mass is 16.7. The van der Waals surface area contributed by atoms with Crippen LogP contribution < -0.4 is 10.9 Å². The molecule has 0 aromatic heterocycles. The van der Waals surface area contributed by atoms with Gasteiger partial charge in [0.1, 0.15) is 5.60 Å². The summed E-state index contributed by atoms with van der Waals surface area (Å²) in [5, 5.41) is 1.14. The molecule has 1 aromatic rings. The van der Waals surface area contributed by atoms with E-state index in [9.17, 15) is 9.59 Å². The molecule has 22 heavy (non-hydrogen) atoms. The number of carbonyl (C=O) groups is 2. The van der Waals surface area contributed by atoms with Gasteiger partial charge in [0.05, 0.1) is 7.11 Å². The maximum absolute atomic E-state index is 12.0. The molecule has 0 saturated carbocycles. The number of ether oxygens (including phenoxy) is 1. The fourth-order valence-corrected chi connectivity index (χ4v) is 1.60. The minimum absolute atomic E-state index is 0.246. The molecular weight excluding hydrogens is 286 g/mol. The quantitative estimate of drug-likeness (QED) is 0.811. The molecule has 0 aliphatic rings. The van der Waals surface area contributed by atoms with Gasteiger partial charge in [-0.2, -0.15) is 0 Å². The molecule has 7 nitrogen and oxygen atoms in total. The normalized spacial score (nSPS) is 11.0. The van der Waals surface area contributed by atoms with E-state index in [-0.39, 0.29) is 5.91 Å². The number of carbonyl (C=O) groups excluding carboxylic acids is 2. The van der Waals surface area contributed by atoms with Crippen LogP contribution in [-0.4, -0.2) is 36.8 Å². The van der Waals surface area contributed by atoms with E-state index in [4.69, 9.17) is 9.57 Å². The fourth-order valence-electron chi connectivity index (χ4n) is 1.60. The number of nitrogens with one attached hydrogen (secondary N) is 2. The first-order chi connectivity index (χ1) is 10.2. The van der Waals surface area contributed by atoms with Crippen molar-refractivity contribution in [2.24, 2.45) is 0 Å². The standard InChI is InChI=1S/C15H23N3O4/c1-15(2,3)22-14(20)17-16-10-11-7-6-8-12(9-11)13(19)18(4)21-5/h6-9,16H,10H2,1-5H3,(H,17,20). The molecule has 2 N–H and O–H groups in total. The van der Waals surface area contributed by atoms with Crippen molar-refractivity contribution in [3.63, 3.8) is 0 Å². The molecule has 0 bridgehead atoms. The third-order valence-corrected chi connectivity index (χ3v) is 2.62. The summed E-state index contributed by atoms with van der Waals surface area (Å²) in [7, 11) is 2.96. The molecule has 0 radical (unpaired) electrons. The molecule has 0 unspecified atom stereocenters. The van der Waals surface area contributed by atoms with Crippen molar-refractivity contribution < 1.29 is 19.2 Å². The first-order valence-electron chi connectivity index (χ1n) is 6.86. The van der Waals surface area contributed by atoms with E-state index >= 15 is 0 Å². The van der Waals surface area contributed by atoms with Gasteiger partial charge < -0.3 is 4.74 Å². The third-order valence-electron chi connectivity index (χ3n) is 2.62. The predicted molar refractivity (Wildman–Crippen MR) is 81.8 cm³/mol. The van der Waals surface area contributed by atoms with Gasteiger partial charge in [0.25, 0.3) is 5.91 Å². The number of rotatable bonds is 5. The van der Waals surface area contributed by atoms with Crippen LogP contribution in [0.4, 0.5) is 4.79 Å². The molecule has 0 fully saturated rings. The van der Waals surface area contributed by atoms with Crippen molar-refractivity contribution in [3.05, 3.63) is 35.4 Å². The summed E-state index contributed by atoms with van der Waals surface area (Å²) in [4.78, 5) is 28.3. The Balaban J connectivity index is 2.54. The van der Waals surface area contributed by atoms with Gasteiger partial charge in [0, 0.05) is 19.2 Å². The Labute approximate surface area is 130 Å². The highest BCUT2D eigenvalue weighted by molar-refractivity contribution is 5.93. The van der Waals surface area contributed by atoms with Gasteiger partial charge in [0.15, 0.2) is 0 Å². The smallest absolute Gasteiger partial charge is 0.422 e. The van der Waals surface area contributed by atoms with Crippen molar-refractivity contribution in [2.45, 2.75) is 32.9 Å². The van der Waals surface area contributed by atoms with Gasteiger partial charge in [-0.05, 0) is 38.5 Å². The van der Waals surface area contributed by atoms with Crippen LogP contribution in [0.1, 0.15) is 36.7 Å². The number of hydrazine groups is 1. The Bertz CT molecular complexity index is 526. The summed E-state index contributed by atoms with van der Waals surface area (Å²) in [6, 6.07) is 7.03. The Morgan fingerprint density at radius 3 is 2.55 bits per heavy atom. The van der Waals surface area contributed by atoms with Crippen molar-refractivity contribution >= 4 is 12.0 Å². The zero-order chi connectivity index (χ0) is 16.8. The maximum atomic E-state index is 12.0. The molecule has 2 amide bonds. The summed E-state index contributed by atoms with van der Waals surface area (Å²) < 4.78 is 5.09. The largest absolute Gasteiger partial charge is 0.443 e. The number of benzene rings is 1. The van der Waals surface area contributed by atoms with Crippen molar-refractivity contribution in [1.82, 2.24) is 15.9 Å². The Morgan fingerprint density at radius 1 is 1.27 bits per heavy atom. The molecule has 1 rings (SSSR count). The zero-order valence-electron chi connectivity index (χ0n) is 13.6. The van der Waals surface area contributed by atoms with Crippen molar-refractivity contribution in [1.29, 1.82) is 0 Å². The Kier molecular flexibility index (Phi) is 6.33. The molecule has 0 saturated heterocycles. The SMILES string of the molecule is CON(C)C(=O)c1cccc(CNNC(=O)OC(C)(C)C)c1. The molecule has 122 valence electrons. The number of hydrogen-bond acceptors (Lipinski definition) is 5. The van der Waals surface area contributed by atoms with E-state index in [1.54, 1.807) is 39.0 Å². The summed E-state index contributed by atoms with van der Waals surface area (Å²) in [6.45, 7) is 5.72. The summed E-state index contributed by atoms with van der Waals surface area (Å²) >= 11 is 0. The van der Waals surface area contributed by atoms with E-state index in [0.717, 1.165) is 10.6 Å². The van der Waals surface area contributed by atoms with E-state index in [1.165, 1.54) is 14.2 Å². The summed E-state index contributed by atoms with van der Waals surface area (Å²) in [5.74, 6) is -0.246. The second-order valence-corrected chi connectivity index (χ2v) is 5.67. The number of amides is 2. The lowest BCUT2D eigenvalue weighted by Gasteiger charge is -2.19. The van der Waals surface area contributed by atoms with Crippen molar-refractivity contribution in [3.8, 4) is 0 Å². The van der Waals surface area contributed by atoms with Crippen LogP contribution in [0, 0.1) is 0 Å². The summed E-state index contributed by atoms with van der Waals surface area (Å²) in [5.41, 5.74) is 5.98. The molecule has 7 heteroatoms. The monoisotopic (exact) mass is 309 g/mol. The average molecular weight is 309 g/mol. The highest BCUT2D eigenvalue weighted by Crippen LogP contribution is 2.08. The van der Waals surface area contributed by atoms with Crippen LogP contribution >= 0.6 is 0 Å².